The Bertz CT molecular complexity index is 290. The Kier molecular flexibility index (Phi) is 2.64. The average molecular weight is 198 g/mol. The molecule has 2 atom stereocenters. The quantitative estimate of drug-likeness (QED) is 0.417. The fourth-order valence-corrected chi connectivity index (χ4v) is 2.03. The van der Waals surface area contributed by atoms with Crippen molar-refractivity contribution >= 4 is 12.3 Å². The maximum Gasteiger partial charge on any atom is 0.307 e. The van der Waals surface area contributed by atoms with Gasteiger partial charge in [-0.05, 0) is 5.41 Å². The Morgan fingerprint density at radius 2 is 2.00 bits per heavy atom. The molecule has 0 heterocycles. The van der Waals surface area contributed by atoms with E-state index in [-0.39, 0.29) is 11.3 Å². The number of rotatable bonds is 4. The third kappa shape index (κ3) is 1.52. The summed E-state index contributed by atoms with van der Waals surface area (Å²) >= 11 is 0. The van der Waals surface area contributed by atoms with Crippen molar-refractivity contribution in [3.8, 4) is 0 Å². The first kappa shape index (κ1) is 10.8. The number of carboxylic acid groups (broad SMARTS) is 1. The molecule has 14 heavy (non-hydrogen) atoms. The van der Waals surface area contributed by atoms with E-state index < -0.39 is 11.9 Å². The third-order valence-corrected chi connectivity index (χ3v) is 2.84. The highest BCUT2D eigenvalue weighted by atomic mass is 16.5. The number of hydrogen-bond acceptors (Lipinski definition) is 3. The number of carboxylic acids is 1. The largest absolute Gasteiger partial charge is 0.504 e. The second kappa shape index (κ2) is 3.44. The van der Waals surface area contributed by atoms with Gasteiger partial charge in [-0.1, -0.05) is 13.8 Å². The molecule has 1 rings (SSSR count). The molecule has 1 saturated carbocycles. The summed E-state index contributed by atoms with van der Waals surface area (Å²) in [5.74, 6) is -1.56. The van der Waals surface area contributed by atoms with Crippen molar-refractivity contribution in [3.63, 3.8) is 0 Å². The van der Waals surface area contributed by atoms with Gasteiger partial charge in [0.2, 0.25) is 0 Å². The first-order valence-corrected chi connectivity index (χ1v) is 4.37. The van der Waals surface area contributed by atoms with Crippen LogP contribution in [-0.4, -0.2) is 24.5 Å². The van der Waals surface area contributed by atoms with Crippen LogP contribution in [0.3, 0.4) is 0 Å². The zero-order valence-electron chi connectivity index (χ0n) is 8.48. The summed E-state index contributed by atoms with van der Waals surface area (Å²) in [5, 5.41) is 8.89. The minimum atomic E-state index is -0.858. The first-order valence-electron chi connectivity index (χ1n) is 4.37. The van der Waals surface area contributed by atoms with Crippen LogP contribution in [0.5, 0.6) is 0 Å². The fourth-order valence-electron chi connectivity index (χ4n) is 2.03. The molecule has 0 aromatic carbocycles. The van der Waals surface area contributed by atoms with Crippen LogP contribution in [0.1, 0.15) is 13.8 Å². The number of aldehydes is 1. The summed E-state index contributed by atoms with van der Waals surface area (Å²) < 4.78 is 4.73. The van der Waals surface area contributed by atoms with Crippen molar-refractivity contribution in [3.05, 3.63) is 11.8 Å². The first-order chi connectivity index (χ1) is 6.46. The number of hydrogen-bond donors (Lipinski definition) is 1. The van der Waals surface area contributed by atoms with Crippen molar-refractivity contribution in [2.24, 2.45) is 17.3 Å². The van der Waals surface area contributed by atoms with E-state index >= 15 is 0 Å². The van der Waals surface area contributed by atoms with Crippen LogP contribution < -0.4 is 0 Å². The van der Waals surface area contributed by atoms with Gasteiger partial charge in [-0.2, -0.15) is 0 Å². The van der Waals surface area contributed by atoms with E-state index in [1.165, 1.54) is 13.4 Å². The van der Waals surface area contributed by atoms with Gasteiger partial charge in [0.15, 0.2) is 0 Å². The molecule has 2 unspecified atom stereocenters. The lowest BCUT2D eigenvalue weighted by Gasteiger charge is -2.00. The molecule has 4 heteroatoms. The number of allylic oxidation sites excluding steroid dienone is 1. The molecule has 1 aliphatic rings. The minimum absolute atomic E-state index is 0.225. The molecule has 0 saturated heterocycles. The van der Waals surface area contributed by atoms with Gasteiger partial charge < -0.3 is 9.84 Å². The molecule has 1 fully saturated rings. The summed E-state index contributed by atoms with van der Waals surface area (Å²) in [7, 11) is 1.44. The van der Waals surface area contributed by atoms with Crippen LogP contribution in [0.25, 0.3) is 0 Å². The molecule has 0 aliphatic heterocycles. The van der Waals surface area contributed by atoms with Gasteiger partial charge in [0, 0.05) is 11.5 Å². The molecule has 4 nitrogen and oxygen atoms in total. The molecule has 0 aromatic rings. The molecular formula is C10H14O4. The summed E-state index contributed by atoms with van der Waals surface area (Å²) in [4.78, 5) is 21.5. The molecule has 78 valence electrons. The standard InChI is InChI=1S/C10H14O4/c1-10(2)7(8(10)9(12)13)6(4-11)5-14-3/h4-5,7-8H,1-3H3,(H,12,13)/b6-5+. The Hall–Kier alpha value is -1.32. The van der Waals surface area contributed by atoms with Crippen LogP contribution in [0.15, 0.2) is 11.8 Å². The Labute approximate surface area is 82.6 Å². The van der Waals surface area contributed by atoms with Gasteiger partial charge in [-0.3, -0.25) is 9.59 Å². The lowest BCUT2D eigenvalue weighted by atomic mass is 10.1. The van der Waals surface area contributed by atoms with Crippen molar-refractivity contribution in [1.29, 1.82) is 0 Å². The van der Waals surface area contributed by atoms with E-state index in [4.69, 9.17) is 9.84 Å². The van der Waals surface area contributed by atoms with E-state index in [1.54, 1.807) is 0 Å². The highest BCUT2D eigenvalue weighted by molar-refractivity contribution is 5.83. The monoisotopic (exact) mass is 198 g/mol. The molecule has 1 aliphatic carbocycles. The second-order valence-corrected chi connectivity index (χ2v) is 4.09. The van der Waals surface area contributed by atoms with Crippen LogP contribution in [0, 0.1) is 17.3 Å². The Morgan fingerprint density at radius 3 is 2.29 bits per heavy atom. The predicted octanol–water partition coefficient (Wildman–Crippen LogP) is 1.07. The lowest BCUT2D eigenvalue weighted by molar-refractivity contribution is -0.139. The van der Waals surface area contributed by atoms with Crippen molar-refractivity contribution in [2.45, 2.75) is 13.8 Å². The van der Waals surface area contributed by atoms with Crippen LogP contribution in [0.2, 0.25) is 0 Å². The second-order valence-electron chi connectivity index (χ2n) is 4.09. The van der Waals surface area contributed by atoms with Crippen LogP contribution in [0.4, 0.5) is 0 Å². The molecule has 0 radical (unpaired) electrons. The van der Waals surface area contributed by atoms with E-state index in [0.29, 0.717) is 11.9 Å². The lowest BCUT2D eigenvalue weighted by Crippen LogP contribution is -2.03. The van der Waals surface area contributed by atoms with Crippen LogP contribution >= 0.6 is 0 Å². The Balaban J connectivity index is 2.86. The third-order valence-electron chi connectivity index (χ3n) is 2.84. The molecule has 0 bridgehead atoms. The highest BCUT2D eigenvalue weighted by Crippen LogP contribution is 2.61. The van der Waals surface area contributed by atoms with Crippen molar-refractivity contribution in [1.82, 2.24) is 0 Å². The van der Waals surface area contributed by atoms with E-state index in [1.807, 2.05) is 13.8 Å². The maximum atomic E-state index is 10.8. The zero-order valence-corrected chi connectivity index (χ0v) is 8.48. The number of aliphatic carboxylic acids is 1. The number of carbonyl (C=O) groups is 2. The molecule has 0 spiro atoms. The SMILES string of the molecule is CO/C=C(\C=O)C1C(C(=O)O)C1(C)C. The molecule has 0 aromatic heterocycles. The molecular weight excluding hydrogens is 184 g/mol. The van der Waals surface area contributed by atoms with Crippen molar-refractivity contribution < 1.29 is 19.4 Å². The van der Waals surface area contributed by atoms with Gasteiger partial charge >= 0.3 is 5.97 Å². The fraction of sp³-hybridized carbons (Fsp3) is 0.600. The van der Waals surface area contributed by atoms with Gasteiger partial charge in [0.25, 0.3) is 0 Å². The number of ether oxygens (including phenoxy) is 1. The molecule has 0 amide bonds. The summed E-state index contributed by atoms with van der Waals surface area (Å²) in [5.41, 5.74) is 0.0711. The van der Waals surface area contributed by atoms with Gasteiger partial charge in [-0.15, -0.1) is 0 Å². The maximum absolute atomic E-state index is 10.8. The topological polar surface area (TPSA) is 63.6 Å². The highest BCUT2D eigenvalue weighted by Gasteiger charge is 2.63. The van der Waals surface area contributed by atoms with Crippen LogP contribution in [-0.2, 0) is 14.3 Å². The van der Waals surface area contributed by atoms with E-state index in [0.717, 1.165) is 0 Å². The summed E-state index contributed by atoms with van der Waals surface area (Å²) in [6, 6.07) is 0. The summed E-state index contributed by atoms with van der Waals surface area (Å²) in [6.07, 6.45) is 1.99. The van der Waals surface area contributed by atoms with Gasteiger partial charge in [0.1, 0.15) is 6.29 Å². The molecule has 1 N–H and O–H groups in total. The number of methoxy groups -OCH3 is 1. The van der Waals surface area contributed by atoms with E-state index in [9.17, 15) is 9.59 Å². The van der Waals surface area contributed by atoms with Gasteiger partial charge in [-0.25, -0.2) is 0 Å². The normalized spacial score (nSPS) is 29.5. The summed E-state index contributed by atoms with van der Waals surface area (Å²) in [6.45, 7) is 3.67. The van der Waals surface area contributed by atoms with E-state index in [2.05, 4.69) is 0 Å². The average Bonchev–Trinajstić information content (AvgIpc) is 2.65. The Morgan fingerprint density at radius 1 is 1.43 bits per heavy atom. The zero-order chi connectivity index (χ0) is 10.9. The number of carbonyl (C=O) groups excluding carboxylic acids is 1. The van der Waals surface area contributed by atoms with Gasteiger partial charge in [0.05, 0.1) is 19.3 Å². The minimum Gasteiger partial charge on any atom is -0.504 e. The predicted molar refractivity (Wildman–Crippen MR) is 49.6 cm³/mol. The smallest absolute Gasteiger partial charge is 0.307 e. The van der Waals surface area contributed by atoms with Crippen molar-refractivity contribution in [2.75, 3.05) is 7.11 Å².